The summed E-state index contributed by atoms with van der Waals surface area (Å²) in [6.07, 6.45) is 2.47. The molecule has 0 saturated carbocycles. The van der Waals surface area contributed by atoms with E-state index in [0.29, 0.717) is 28.3 Å². The molecule has 0 amide bonds. The SMILES string of the molecule is CNCC(O)c1c[nH]c2ncnc(Cl)c12. The molecule has 0 aliphatic rings. The van der Waals surface area contributed by atoms with E-state index in [0.717, 1.165) is 0 Å². The first kappa shape index (κ1) is 10.4. The van der Waals surface area contributed by atoms with E-state index in [1.165, 1.54) is 6.33 Å². The minimum absolute atomic E-state index is 0.353. The lowest BCUT2D eigenvalue weighted by molar-refractivity contribution is 0.179. The van der Waals surface area contributed by atoms with Crippen molar-refractivity contribution in [2.24, 2.45) is 0 Å². The Labute approximate surface area is 91.5 Å². The van der Waals surface area contributed by atoms with Crippen molar-refractivity contribution < 1.29 is 5.11 Å². The third-order valence-corrected chi connectivity index (χ3v) is 2.50. The average molecular weight is 227 g/mol. The van der Waals surface area contributed by atoms with Crippen LogP contribution < -0.4 is 5.32 Å². The van der Waals surface area contributed by atoms with Gasteiger partial charge >= 0.3 is 0 Å². The van der Waals surface area contributed by atoms with Crippen LogP contribution in [0, 0.1) is 0 Å². The Kier molecular flexibility index (Phi) is 2.86. The molecule has 1 atom stereocenters. The van der Waals surface area contributed by atoms with Crippen LogP contribution in [0.5, 0.6) is 0 Å². The fourth-order valence-corrected chi connectivity index (χ4v) is 1.76. The molecule has 1 unspecified atom stereocenters. The molecule has 6 heteroatoms. The highest BCUT2D eigenvalue weighted by atomic mass is 35.5. The summed E-state index contributed by atoms with van der Waals surface area (Å²) in [5.74, 6) is 0. The number of aromatic nitrogens is 3. The maximum absolute atomic E-state index is 9.84. The van der Waals surface area contributed by atoms with Gasteiger partial charge in [-0.3, -0.25) is 0 Å². The van der Waals surface area contributed by atoms with E-state index < -0.39 is 6.10 Å². The van der Waals surface area contributed by atoms with Gasteiger partial charge in [0.15, 0.2) is 0 Å². The number of aliphatic hydroxyl groups is 1. The van der Waals surface area contributed by atoms with Crippen LogP contribution >= 0.6 is 11.6 Å². The van der Waals surface area contributed by atoms with Gasteiger partial charge in [0.2, 0.25) is 0 Å². The van der Waals surface area contributed by atoms with Crippen molar-refractivity contribution in [1.29, 1.82) is 0 Å². The topological polar surface area (TPSA) is 73.8 Å². The minimum atomic E-state index is -0.618. The zero-order valence-electron chi connectivity index (χ0n) is 8.16. The van der Waals surface area contributed by atoms with Crippen molar-refractivity contribution in [2.75, 3.05) is 13.6 Å². The van der Waals surface area contributed by atoms with Crippen LogP contribution in [0.25, 0.3) is 11.0 Å². The Balaban J connectivity index is 2.52. The summed E-state index contributed by atoms with van der Waals surface area (Å²) < 4.78 is 0. The summed E-state index contributed by atoms with van der Waals surface area (Å²) in [7, 11) is 1.77. The van der Waals surface area contributed by atoms with Gasteiger partial charge in [-0.25, -0.2) is 9.97 Å². The van der Waals surface area contributed by atoms with E-state index >= 15 is 0 Å². The molecule has 2 heterocycles. The molecule has 0 spiro atoms. The number of nitrogens with zero attached hydrogens (tertiary/aromatic N) is 2. The first-order valence-corrected chi connectivity index (χ1v) is 4.92. The van der Waals surface area contributed by atoms with E-state index in [2.05, 4.69) is 20.3 Å². The molecular formula is C9H11ClN4O. The molecule has 3 N–H and O–H groups in total. The molecule has 2 aromatic rings. The molecule has 0 aliphatic heterocycles. The molecule has 0 radical (unpaired) electrons. The normalized spacial score (nSPS) is 13.3. The molecule has 0 fully saturated rings. The van der Waals surface area contributed by atoms with Crippen molar-refractivity contribution in [1.82, 2.24) is 20.3 Å². The van der Waals surface area contributed by atoms with Crippen molar-refractivity contribution >= 4 is 22.6 Å². The monoisotopic (exact) mass is 226 g/mol. The van der Waals surface area contributed by atoms with Crippen LogP contribution in [-0.2, 0) is 0 Å². The predicted molar refractivity (Wildman–Crippen MR) is 57.8 cm³/mol. The lowest BCUT2D eigenvalue weighted by Crippen LogP contribution is -2.16. The Morgan fingerprint density at radius 2 is 2.40 bits per heavy atom. The lowest BCUT2D eigenvalue weighted by atomic mass is 10.1. The standard InChI is InChI=1S/C9H11ClN4O/c1-11-3-6(15)5-2-12-9-7(5)8(10)13-4-14-9/h2,4,6,11,15H,3H2,1H3,(H,12,13,14). The van der Waals surface area contributed by atoms with Crippen molar-refractivity contribution in [2.45, 2.75) is 6.10 Å². The number of aromatic amines is 1. The second-order valence-corrected chi connectivity index (χ2v) is 3.56. The van der Waals surface area contributed by atoms with Gasteiger partial charge in [0.25, 0.3) is 0 Å². The Bertz CT molecular complexity index is 470. The molecule has 5 nitrogen and oxygen atoms in total. The summed E-state index contributed by atoms with van der Waals surface area (Å²) >= 11 is 5.95. The number of nitrogens with one attached hydrogen (secondary N) is 2. The second-order valence-electron chi connectivity index (χ2n) is 3.21. The molecule has 0 saturated heterocycles. The highest BCUT2D eigenvalue weighted by Crippen LogP contribution is 2.27. The van der Waals surface area contributed by atoms with E-state index in [1.54, 1.807) is 13.2 Å². The maximum Gasteiger partial charge on any atom is 0.142 e. The zero-order chi connectivity index (χ0) is 10.8. The van der Waals surface area contributed by atoms with E-state index in [4.69, 9.17) is 11.6 Å². The van der Waals surface area contributed by atoms with Crippen LogP contribution in [-0.4, -0.2) is 33.7 Å². The second kappa shape index (κ2) is 4.14. The third kappa shape index (κ3) is 1.81. The van der Waals surface area contributed by atoms with Gasteiger partial charge in [-0.2, -0.15) is 0 Å². The highest BCUT2D eigenvalue weighted by Gasteiger charge is 2.15. The van der Waals surface area contributed by atoms with E-state index in [9.17, 15) is 5.11 Å². The number of rotatable bonds is 3. The Morgan fingerprint density at radius 1 is 1.60 bits per heavy atom. The number of fused-ring (bicyclic) bond motifs is 1. The predicted octanol–water partition coefficient (Wildman–Crippen LogP) is 0.864. The first-order valence-electron chi connectivity index (χ1n) is 4.54. The number of halogens is 1. The van der Waals surface area contributed by atoms with Crippen LogP contribution in [0.3, 0.4) is 0 Å². The summed E-state index contributed by atoms with van der Waals surface area (Å²) in [6.45, 7) is 0.457. The minimum Gasteiger partial charge on any atom is -0.387 e. The van der Waals surface area contributed by atoms with Crippen molar-refractivity contribution in [3.05, 3.63) is 23.2 Å². The Hall–Kier alpha value is -1.17. The maximum atomic E-state index is 9.84. The largest absolute Gasteiger partial charge is 0.387 e. The van der Waals surface area contributed by atoms with Crippen LogP contribution in [0.4, 0.5) is 0 Å². The molecular weight excluding hydrogens is 216 g/mol. The van der Waals surface area contributed by atoms with Crippen molar-refractivity contribution in [3.8, 4) is 0 Å². The lowest BCUT2D eigenvalue weighted by Gasteiger charge is -2.08. The number of H-pyrrole nitrogens is 1. The van der Waals surface area contributed by atoms with Crippen LogP contribution in [0.2, 0.25) is 5.15 Å². The third-order valence-electron chi connectivity index (χ3n) is 2.21. The molecule has 0 bridgehead atoms. The average Bonchev–Trinajstić information content (AvgIpc) is 2.63. The number of aliphatic hydroxyl groups excluding tert-OH is 1. The fourth-order valence-electron chi connectivity index (χ4n) is 1.51. The first-order chi connectivity index (χ1) is 7.24. The van der Waals surface area contributed by atoms with Gasteiger partial charge in [0, 0.05) is 18.3 Å². The molecule has 15 heavy (non-hydrogen) atoms. The quantitative estimate of drug-likeness (QED) is 0.679. The van der Waals surface area contributed by atoms with Gasteiger partial charge in [-0.15, -0.1) is 0 Å². The zero-order valence-corrected chi connectivity index (χ0v) is 8.91. The molecule has 0 aromatic carbocycles. The molecule has 80 valence electrons. The van der Waals surface area contributed by atoms with E-state index in [-0.39, 0.29) is 0 Å². The summed E-state index contributed by atoms with van der Waals surface area (Å²) in [4.78, 5) is 10.9. The van der Waals surface area contributed by atoms with Gasteiger partial charge in [0.1, 0.15) is 17.1 Å². The fraction of sp³-hybridized carbons (Fsp3) is 0.333. The van der Waals surface area contributed by atoms with E-state index in [1.807, 2.05) is 0 Å². The highest BCUT2D eigenvalue weighted by molar-refractivity contribution is 6.34. The number of likely N-dealkylation sites (N-methyl/N-ethyl adjacent to an activating group) is 1. The number of hydrogen-bond donors (Lipinski definition) is 3. The number of hydrogen-bond acceptors (Lipinski definition) is 4. The van der Waals surface area contributed by atoms with Gasteiger partial charge < -0.3 is 15.4 Å². The van der Waals surface area contributed by atoms with Gasteiger partial charge in [-0.05, 0) is 7.05 Å². The molecule has 2 aromatic heterocycles. The van der Waals surface area contributed by atoms with Gasteiger partial charge in [0.05, 0.1) is 11.5 Å². The Morgan fingerprint density at radius 3 is 3.13 bits per heavy atom. The molecule has 0 aliphatic carbocycles. The molecule has 2 rings (SSSR count). The summed E-state index contributed by atoms with van der Waals surface area (Å²) in [6, 6.07) is 0. The van der Waals surface area contributed by atoms with Gasteiger partial charge in [-0.1, -0.05) is 11.6 Å². The van der Waals surface area contributed by atoms with Crippen LogP contribution in [0.15, 0.2) is 12.5 Å². The van der Waals surface area contributed by atoms with Crippen molar-refractivity contribution in [3.63, 3.8) is 0 Å². The summed E-state index contributed by atoms with van der Waals surface area (Å²) in [5.41, 5.74) is 1.35. The smallest absolute Gasteiger partial charge is 0.142 e. The summed E-state index contributed by atoms with van der Waals surface area (Å²) in [5, 5.41) is 13.8. The van der Waals surface area contributed by atoms with Crippen LogP contribution in [0.1, 0.15) is 11.7 Å².